The summed E-state index contributed by atoms with van der Waals surface area (Å²) < 4.78 is 18.7. The molecule has 2 aromatic rings. The van der Waals surface area contributed by atoms with Gasteiger partial charge in [-0.2, -0.15) is 0 Å². The highest BCUT2D eigenvalue weighted by molar-refractivity contribution is 6.30. The maximum Gasteiger partial charge on any atom is 0.145 e. The SMILES string of the molecule is N=C(N)c1cccc(COc2ccc(Cl)c(F)c2)c1. The van der Waals surface area contributed by atoms with Crippen molar-refractivity contribution in [2.75, 3.05) is 0 Å². The first kappa shape index (κ1) is 13.4. The third-order valence-electron chi connectivity index (χ3n) is 2.53. The Hall–Kier alpha value is -2.07. The monoisotopic (exact) mass is 278 g/mol. The summed E-state index contributed by atoms with van der Waals surface area (Å²) in [7, 11) is 0. The summed E-state index contributed by atoms with van der Waals surface area (Å²) in [6, 6.07) is 11.4. The van der Waals surface area contributed by atoms with Gasteiger partial charge < -0.3 is 10.5 Å². The van der Waals surface area contributed by atoms with Crippen LogP contribution in [0.2, 0.25) is 5.02 Å². The summed E-state index contributed by atoms with van der Waals surface area (Å²) in [6.45, 7) is 0.266. The zero-order chi connectivity index (χ0) is 13.8. The van der Waals surface area contributed by atoms with Crippen molar-refractivity contribution >= 4 is 17.4 Å². The fourth-order valence-electron chi connectivity index (χ4n) is 1.56. The van der Waals surface area contributed by atoms with Crippen LogP contribution in [-0.4, -0.2) is 5.84 Å². The van der Waals surface area contributed by atoms with E-state index in [1.807, 2.05) is 6.07 Å². The third-order valence-corrected chi connectivity index (χ3v) is 2.84. The Balaban J connectivity index is 2.07. The normalized spacial score (nSPS) is 10.2. The number of amidine groups is 1. The molecular weight excluding hydrogens is 267 g/mol. The van der Waals surface area contributed by atoms with Gasteiger partial charge in [0.25, 0.3) is 0 Å². The van der Waals surface area contributed by atoms with Crippen molar-refractivity contribution < 1.29 is 9.13 Å². The fraction of sp³-hybridized carbons (Fsp3) is 0.0714. The first-order valence-corrected chi connectivity index (χ1v) is 5.95. The Labute approximate surface area is 115 Å². The summed E-state index contributed by atoms with van der Waals surface area (Å²) in [5.41, 5.74) is 6.88. The minimum absolute atomic E-state index is 0.000567. The van der Waals surface area contributed by atoms with Gasteiger partial charge in [0.2, 0.25) is 0 Å². The van der Waals surface area contributed by atoms with Gasteiger partial charge in [-0.1, -0.05) is 29.8 Å². The minimum atomic E-state index is -0.517. The number of hydrogen-bond acceptors (Lipinski definition) is 2. The highest BCUT2D eigenvalue weighted by atomic mass is 35.5. The Morgan fingerprint density at radius 2 is 2.05 bits per heavy atom. The summed E-state index contributed by atoms with van der Waals surface area (Å²) in [5.74, 6) is -0.119. The van der Waals surface area contributed by atoms with Crippen molar-refractivity contribution in [3.05, 3.63) is 64.4 Å². The Morgan fingerprint density at radius 1 is 1.26 bits per heavy atom. The highest BCUT2D eigenvalue weighted by Crippen LogP contribution is 2.21. The van der Waals surface area contributed by atoms with Crippen LogP contribution in [0.1, 0.15) is 11.1 Å². The Kier molecular flexibility index (Phi) is 4.02. The molecule has 0 aliphatic carbocycles. The van der Waals surface area contributed by atoms with Gasteiger partial charge in [0.05, 0.1) is 5.02 Å². The number of benzene rings is 2. The number of halogens is 2. The maximum atomic E-state index is 13.2. The van der Waals surface area contributed by atoms with Crippen LogP contribution in [0.25, 0.3) is 0 Å². The molecule has 0 aliphatic heterocycles. The van der Waals surface area contributed by atoms with E-state index in [1.165, 1.54) is 12.1 Å². The molecular formula is C14H12ClFN2O. The molecule has 0 aromatic heterocycles. The van der Waals surface area contributed by atoms with Crippen LogP contribution in [0.15, 0.2) is 42.5 Å². The van der Waals surface area contributed by atoms with Crippen LogP contribution in [-0.2, 0) is 6.61 Å². The van der Waals surface area contributed by atoms with Crippen molar-refractivity contribution in [1.29, 1.82) is 5.41 Å². The van der Waals surface area contributed by atoms with E-state index < -0.39 is 5.82 Å². The molecule has 0 aliphatic rings. The third kappa shape index (κ3) is 3.45. The molecule has 0 radical (unpaired) electrons. The number of ether oxygens (including phenoxy) is 1. The first-order valence-electron chi connectivity index (χ1n) is 5.57. The molecule has 0 bridgehead atoms. The molecule has 0 fully saturated rings. The number of rotatable bonds is 4. The van der Waals surface area contributed by atoms with Crippen molar-refractivity contribution in [2.24, 2.45) is 5.73 Å². The summed E-state index contributed by atoms with van der Waals surface area (Å²) in [6.07, 6.45) is 0. The largest absolute Gasteiger partial charge is 0.489 e. The molecule has 19 heavy (non-hydrogen) atoms. The van der Waals surface area contributed by atoms with Crippen LogP contribution in [0.5, 0.6) is 5.75 Å². The second-order valence-corrected chi connectivity index (χ2v) is 4.39. The van der Waals surface area contributed by atoms with E-state index in [4.69, 9.17) is 27.5 Å². The number of nitrogen functional groups attached to an aromatic ring is 1. The van der Waals surface area contributed by atoms with Gasteiger partial charge in [-0.25, -0.2) is 4.39 Å². The van der Waals surface area contributed by atoms with Crippen molar-refractivity contribution in [3.63, 3.8) is 0 Å². The number of hydrogen-bond donors (Lipinski definition) is 2. The predicted molar refractivity (Wildman–Crippen MR) is 73.2 cm³/mol. The van der Waals surface area contributed by atoms with Crippen LogP contribution in [0.3, 0.4) is 0 Å². The topological polar surface area (TPSA) is 59.1 Å². The van der Waals surface area contributed by atoms with Crippen LogP contribution in [0.4, 0.5) is 4.39 Å². The molecule has 0 saturated carbocycles. The van der Waals surface area contributed by atoms with Crippen LogP contribution >= 0.6 is 11.6 Å². The molecule has 5 heteroatoms. The van der Waals surface area contributed by atoms with Gasteiger partial charge in [-0.3, -0.25) is 5.41 Å². The molecule has 0 amide bonds. The smallest absolute Gasteiger partial charge is 0.145 e. The second-order valence-electron chi connectivity index (χ2n) is 3.98. The maximum absolute atomic E-state index is 13.2. The molecule has 0 saturated heterocycles. The van der Waals surface area contributed by atoms with Gasteiger partial charge in [-0.15, -0.1) is 0 Å². The molecule has 2 aromatic carbocycles. The second kappa shape index (κ2) is 5.71. The fourth-order valence-corrected chi connectivity index (χ4v) is 1.68. The lowest BCUT2D eigenvalue weighted by molar-refractivity contribution is 0.304. The molecule has 0 atom stereocenters. The van der Waals surface area contributed by atoms with Crippen molar-refractivity contribution in [3.8, 4) is 5.75 Å². The van der Waals surface area contributed by atoms with Crippen LogP contribution in [0, 0.1) is 11.2 Å². The molecule has 0 heterocycles. The van der Waals surface area contributed by atoms with E-state index >= 15 is 0 Å². The summed E-state index contributed by atoms with van der Waals surface area (Å²) in [5, 5.41) is 7.41. The van der Waals surface area contributed by atoms with Gasteiger partial charge in [-0.05, 0) is 23.8 Å². The molecule has 3 nitrogen and oxygen atoms in total. The average Bonchev–Trinajstić information content (AvgIpc) is 2.40. The first-order chi connectivity index (χ1) is 9.06. The van der Waals surface area contributed by atoms with Gasteiger partial charge >= 0.3 is 0 Å². The molecule has 3 N–H and O–H groups in total. The predicted octanol–water partition coefficient (Wildman–Crippen LogP) is 3.34. The number of nitrogens with two attached hydrogens (primary N) is 1. The molecule has 98 valence electrons. The standard InChI is InChI=1S/C14H12ClFN2O/c15-12-5-4-11(7-13(12)16)19-8-9-2-1-3-10(6-9)14(17)18/h1-7H,8H2,(H3,17,18). The van der Waals surface area contributed by atoms with Crippen molar-refractivity contribution in [1.82, 2.24) is 0 Å². The number of nitrogens with one attached hydrogen (secondary N) is 1. The summed E-state index contributed by atoms with van der Waals surface area (Å²) in [4.78, 5) is 0. The highest BCUT2D eigenvalue weighted by Gasteiger charge is 2.03. The average molecular weight is 279 g/mol. The van der Waals surface area contributed by atoms with E-state index in [0.717, 1.165) is 5.56 Å². The zero-order valence-corrected chi connectivity index (χ0v) is 10.7. The van der Waals surface area contributed by atoms with E-state index in [9.17, 15) is 4.39 Å². The van der Waals surface area contributed by atoms with E-state index in [0.29, 0.717) is 11.3 Å². The zero-order valence-electron chi connectivity index (χ0n) is 9.99. The Bertz CT molecular complexity index is 616. The van der Waals surface area contributed by atoms with Crippen LogP contribution < -0.4 is 10.5 Å². The van der Waals surface area contributed by atoms with Gasteiger partial charge in [0.1, 0.15) is 24.0 Å². The lowest BCUT2D eigenvalue weighted by Gasteiger charge is -2.08. The van der Waals surface area contributed by atoms with Crippen molar-refractivity contribution in [2.45, 2.75) is 6.61 Å². The molecule has 0 unspecified atom stereocenters. The van der Waals surface area contributed by atoms with E-state index in [-0.39, 0.29) is 17.5 Å². The molecule has 2 rings (SSSR count). The van der Waals surface area contributed by atoms with E-state index in [2.05, 4.69) is 0 Å². The Morgan fingerprint density at radius 3 is 2.74 bits per heavy atom. The minimum Gasteiger partial charge on any atom is -0.489 e. The van der Waals surface area contributed by atoms with E-state index in [1.54, 1.807) is 24.3 Å². The molecule has 0 spiro atoms. The quantitative estimate of drug-likeness (QED) is 0.666. The van der Waals surface area contributed by atoms with Gasteiger partial charge in [0.15, 0.2) is 0 Å². The van der Waals surface area contributed by atoms with Gasteiger partial charge in [0, 0.05) is 11.6 Å². The summed E-state index contributed by atoms with van der Waals surface area (Å²) >= 11 is 5.59. The lowest BCUT2D eigenvalue weighted by Crippen LogP contribution is -2.11. The lowest BCUT2D eigenvalue weighted by atomic mass is 10.1.